The number of nitro groups is 1. The Labute approximate surface area is 118 Å². The minimum absolute atomic E-state index is 0.0340. The highest BCUT2D eigenvalue weighted by Gasteiger charge is 2.07. The molecule has 0 bridgehead atoms. The molecule has 0 spiro atoms. The molecule has 0 amide bonds. The van der Waals surface area contributed by atoms with E-state index < -0.39 is 4.92 Å². The third kappa shape index (κ3) is 3.29. The first-order valence-corrected chi connectivity index (χ1v) is 6.66. The molecule has 0 fully saturated rings. The molecule has 0 radical (unpaired) electrons. The van der Waals surface area contributed by atoms with Crippen molar-refractivity contribution in [3.8, 4) is 11.6 Å². The van der Waals surface area contributed by atoms with Gasteiger partial charge in [-0.05, 0) is 30.7 Å². The Bertz CT molecular complexity index is 599. The Balaban J connectivity index is 2.19. The summed E-state index contributed by atoms with van der Waals surface area (Å²) in [5.74, 6) is 1.02. The van der Waals surface area contributed by atoms with Crippen LogP contribution in [-0.4, -0.2) is 9.91 Å². The third-order valence-electron chi connectivity index (χ3n) is 2.50. The van der Waals surface area contributed by atoms with Crippen LogP contribution >= 0.6 is 15.9 Å². The summed E-state index contributed by atoms with van der Waals surface area (Å²) in [6.45, 7) is 1.90. The monoisotopic (exact) mass is 322 g/mol. The fourth-order valence-corrected chi connectivity index (χ4v) is 1.85. The predicted molar refractivity (Wildman–Crippen MR) is 74.8 cm³/mol. The number of hydrogen-bond donors (Lipinski definition) is 0. The quantitative estimate of drug-likeness (QED) is 0.485. The van der Waals surface area contributed by atoms with Crippen LogP contribution in [0.1, 0.15) is 11.1 Å². The number of ether oxygens (including phenoxy) is 1. The van der Waals surface area contributed by atoms with Crippen molar-refractivity contribution in [2.75, 3.05) is 0 Å². The molecule has 1 heterocycles. The smallest absolute Gasteiger partial charge is 0.269 e. The van der Waals surface area contributed by atoms with Crippen LogP contribution < -0.4 is 4.74 Å². The Morgan fingerprint density at radius 3 is 2.58 bits per heavy atom. The summed E-state index contributed by atoms with van der Waals surface area (Å²) in [5, 5.41) is 11.3. The number of nitrogens with zero attached hydrogens (tertiary/aromatic N) is 2. The van der Waals surface area contributed by atoms with E-state index in [1.54, 1.807) is 18.3 Å². The number of pyridine rings is 1. The molecule has 19 heavy (non-hydrogen) atoms. The summed E-state index contributed by atoms with van der Waals surface area (Å²) in [6.07, 6.45) is 1.72. The zero-order chi connectivity index (χ0) is 13.8. The standard InChI is InChI=1S/C13H11BrN2O3/c1-9-6-10(7-14)8-15-13(9)19-12-4-2-11(3-5-12)16(17)18/h2-6,8H,7H2,1H3. The minimum Gasteiger partial charge on any atom is -0.439 e. The van der Waals surface area contributed by atoms with E-state index in [9.17, 15) is 10.1 Å². The lowest BCUT2D eigenvalue weighted by atomic mass is 10.2. The van der Waals surface area contributed by atoms with E-state index in [0.717, 1.165) is 16.5 Å². The number of hydrogen-bond acceptors (Lipinski definition) is 4. The van der Waals surface area contributed by atoms with Crippen LogP contribution in [0.3, 0.4) is 0 Å². The number of nitro benzene ring substituents is 1. The lowest BCUT2D eigenvalue weighted by Crippen LogP contribution is -1.93. The normalized spacial score (nSPS) is 10.2. The third-order valence-corrected chi connectivity index (χ3v) is 3.15. The summed E-state index contributed by atoms with van der Waals surface area (Å²) < 4.78 is 5.59. The van der Waals surface area contributed by atoms with Crippen molar-refractivity contribution < 1.29 is 9.66 Å². The van der Waals surface area contributed by atoms with E-state index in [1.807, 2.05) is 13.0 Å². The van der Waals surface area contributed by atoms with Crippen molar-refractivity contribution >= 4 is 21.6 Å². The molecule has 2 aromatic rings. The van der Waals surface area contributed by atoms with Gasteiger partial charge >= 0.3 is 0 Å². The highest BCUT2D eigenvalue weighted by molar-refractivity contribution is 9.08. The molecule has 5 nitrogen and oxygen atoms in total. The molecular weight excluding hydrogens is 312 g/mol. The number of non-ortho nitro benzene ring substituents is 1. The lowest BCUT2D eigenvalue weighted by Gasteiger charge is -2.08. The molecule has 0 aliphatic carbocycles. The van der Waals surface area contributed by atoms with Gasteiger partial charge in [-0.25, -0.2) is 4.98 Å². The molecule has 98 valence electrons. The van der Waals surface area contributed by atoms with Gasteiger partial charge < -0.3 is 4.74 Å². The average molecular weight is 323 g/mol. The Morgan fingerprint density at radius 1 is 1.37 bits per heavy atom. The van der Waals surface area contributed by atoms with Gasteiger partial charge in [0.2, 0.25) is 5.88 Å². The van der Waals surface area contributed by atoms with Gasteiger partial charge in [-0.2, -0.15) is 0 Å². The number of alkyl halides is 1. The van der Waals surface area contributed by atoms with Gasteiger partial charge in [0.25, 0.3) is 5.69 Å². The maximum absolute atomic E-state index is 10.5. The van der Waals surface area contributed by atoms with Crippen molar-refractivity contribution in [1.29, 1.82) is 0 Å². The number of benzene rings is 1. The zero-order valence-corrected chi connectivity index (χ0v) is 11.8. The predicted octanol–water partition coefficient (Wildman–Crippen LogP) is 3.99. The van der Waals surface area contributed by atoms with Crippen LogP contribution in [0.5, 0.6) is 11.6 Å². The first-order chi connectivity index (χ1) is 9.10. The van der Waals surface area contributed by atoms with Crippen LogP contribution in [0.2, 0.25) is 0 Å². The van der Waals surface area contributed by atoms with Gasteiger partial charge in [-0.1, -0.05) is 15.9 Å². The molecule has 0 N–H and O–H groups in total. The molecule has 1 aromatic carbocycles. The second-order valence-electron chi connectivity index (χ2n) is 3.95. The van der Waals surface area contributed by atoms with Crippen molar-refractivity contribution in [3.63, 3.8) is 0 Å². The summed E-state index contributed by atoms with van der Waals surface area (Å²) >= 11 is 3.36. The zero-order valence-electron chi connectivity index (χ0n) is 10.2. The lowest BCUT2D eigenvalue weighted by molar-refractivity contribution is -0.384. The summed E-state index contributed by atoms with van der Waals surface area (Å²) in [7, 11) is 0. The number of aromatic nitrogens is 1. The molecule has 0 aliphatic rings. The summed E-state index contributed by atoms with van der Waals surface area (Å²) in [5.41, 5.74) is 2.01. The summed E-state index contributed by atoms with van der Waals surface area (Å²) in [4.78, 5) is 14.3. The second-order valence-corrected chi connectivity index (χ2v) is 4.51. The average Bonchev–Trinajstić information content (AvgIpc) is 2.41. The molecule has 0 saturated heterocycles. The van der Waals surface area contributed by atoms with Crippen LogP contribution in [0.4, 0.5) is 5.69 Å². The van der Waals surface area contributed by atoms with Crippen LogP contribution in [0.15, 0.2) is 36.5 Å². The van der Waals surface area contributed by atoms with Crippen LogP contribution in [0.25, 0.3) is 0 Å². The SMILES string of the molecule is Cc1cc(CBr)cnc1Oc1ccc([N+](=O)[O-])cc1. The Kier molecular flexibility index (Phi) is 4.11. The molecule has 0 aliphatic heterocycles. The first kappa shape index (κ1) is 13.5. The van der Waals surface area contributed by atoms with Crippen LogP contribution in [-0.2, 0) is 5.33 Å². The van der Waals surface area contributed by atoms with E-state index in [1.165, 1.54) is 12.1 Å². The second kappa shape index (κ2) is 5.79. The van der Waals surface area contributed by atoms with Gasteiger partial charge in [0.1, 0.15) is 5.75 Å². The van der Waals surface area contributed by atoms with Crippen molar-refractivity contribution in [2.45, 2.75) is 12.3 Å². The number of rotatable bonds is 4. The maximum Gasteiger partial charge on any atom is 0.269 e. The van der Waals surface area contributed by atoms with Crippen molar-refractivity contribution in [3.05, 3.63) is 57.8 Å². The molecule has 1 aromatic heterocycles. The van der Waals surface area contributed by atoms with E-state index in [4.69, 9.17) is 4.74 Å². The van der Waals surface area contributed by atoms with Gasteiger partial charge in [-0.15, -0.1) is 0 Å². The highest BCUT2D eigenvalue weighted by Crippen LogP contribution is 2.25. The van der Waals surface area contributed by atoms with Crippen molar-refractivity contribution in [1.82, 2.24) is 4.98 Å². The van der Waals surface area contributed by atoms with Gasteiger partial charge in [0.15, 0.2) is 0 Å². The van der Waals surface area contributed by atoms with Gasteiger partial charge in [0.05, 0.1) is 4.92 Å². The highest BCUT2D eigenvalue weighted by atomic mass is 79.9. The number of aryl methyl sites for hydroxylation is 1. The molecule has 0 atom stereocenters. The van der Waals surface area contributed by atoms with E-state index >= 15 is 0 Å². The molecule has 0 saturated carbocycles. The van der Waals surface area contributed by atoms with E-state index in [2.05, 4.69) is 20.9 Å². The van der Waals surface area contributed by atoms with E-state index in [-0.39, 0.29) is 5.69 Å². The molecule has 6 heteroatoms. The first-order valence-electron chi connectivity index (χ1n) is 5.54. The van der Waals surface area contributed by atoms with Gasteiger partial charge in [-0.3, -0.25) is 10.1 Å². The fourth-order valence-electron chi connectivity index (χ4n) is 1.55. The molecule has 2 rings (SSSR count). The largest absolute Gasteiger partial charge is 0.439 e. The Hall–Kier alpha value is -1.95. The fraction of sp³-hybridized carbons (Fsp3) is 0.154. The maximum atomic E-state index is 10.5. The molecular formula is C13H11BrN2O3. The minimum atomic E-state index is -0.446. The summed E-state index contributed by atoms with van der Waals surface area (Å²) in [6, 6.07) is 7.88. The Morgan fingerprint density at radius 2 is 2.05 bits per heavy atom. The topological polar surface area (TPSA) is 65.3 Å². The molecule has 0 unspecified atom stereocenters. The number of halogens is 1. The van der Waals surface area contributed by atoms with Crippen molar-refractivity contribution in [2.24, 2.45) is 0 Å². The van der Waals surface area contributed by atoms with Crippen LogP contribution in [0, 0.1) is 17.0 Å². The van der Waals surface area contributed by atoms with E-state index in [0.29, 0.717) is 11.6 Å². The van der Waals surface area contributed by atoms with Gasteiger partial charge in [0, 0.05) is 29.2 Å².